The number of rotatable bonds is 2. The van der Waals surface area contributed by atoms with Crippen LogP contribution >= 0.6 is 0 Å². The number of carbonyl (C=O) groups excluding carboxylic acids is 2. The van der Waals surface area contributed by atoms with Crippen molar-refractivity contribution in [1.29, 1.82) is 0 Å². The van der Waals surface area contributed by atoms with Crippen molar-refractivity contribution in [2.45, 2.75) is 46.2 Å². The zero-order valence-corrected chi connectivity index (χ0v) is 17.5. The Morgan fingerprint density at radius 2 is 1.34 bits per heavy atom. The third kappa shape index (κ3) is 2.61. The van der Waals surface area contributed by atoms with E-state index in [4.69, 9.17) is 0 Å². The second-order valence-corrected chi connectivity index (χ2v) is 8.77. The molecule has 3 heterocycles. The Morgan fingerprint density at radius 3 is 1.97 bits per heavy atom. The first kappa shape index (κ1) is 18.5. The molecule has 0 radical (unpaired) electrons. The van der Waals surface area contributed by atoms with Crippen molar-refractivity contribution in [2.75, 3.05) is 18.0 Å². The zero-order valence-electron chi connectivity index (χ0n) is 17.5. The van der Waals surface area contributed by atoms with Gasteiger partial charge in [-0.1, -0.05) is 47.5 Å². The number of carbonyl (C=O) groups is 2. The monoisotopic (exact) mass is 389 g/mol. The van der Waals surface area contributed by atoms with Crippen LogP contribution in [0.3, 0.4) is 0 Å². The highest BCUT2D eigenvalue weighted by molar-refractivity contribution is 6.24. The molecule has 0 bridgehead atoms. The Balaban J connectivity index is 1.61. The molecule has 2 aromatic carbocycles. The van der Waals surface area contributed by atoms with Gasteiger partial charge >= 0.3 is 0 Å². The number of hydrogen-bond acceptors (Lipinski definition) is 4. The lowest BCUT2D eigenvalue weighted by Gasteiger charge is -2.30. The zero-order chi connectivity index (χ0) is 20.4. The molecule has 0 N–H and O–H groups in total. The van der Waals surface area contributed by atoms with Crippen LogP contribution in [0.1, 0.15) is 40.3 Å². The van der Waals surface area contributed by atoms with E-state index in [-0.39, 0.29) is 23.8 Å². The molecule has 3 aliphatic rings. The van der Waals surface area contributed by atoms with Crippen LogP contribution in [0, 0.1) is 33.6 Å². The van der Waals surface area contributed by atoms with E-state index >= 15 is 0 Å². The predicted octanol–water partition coefficient (Wildman–Crippen LogP) is 3.46. The summed E-state index contributed by atoms with van der Waals surface area (Å²) in [6.07, 6.45) is 1.02. The maximum atomic E-state index is 13.7. The molecular weight excluding hydrogens is 362 g/mol. The largest absolute Gasteiger partial charge is 0.274 e. The number of aryl methyl sites for hydroxylation is 4. The van der Waals surface area contributed by atoms with Gasteiger partial charge in [0.15, 0.2) is 0 Å². The van der Waals surface area contributed by atoms with Crippen LogP contribution in [0.4, 0.5) is 5.69 Å². The van der Waals surface area contributed by atoms with E-state index in [0.717, 1.165) is 47.5 Å². The van der Waals surface area contributed by atoms with Gasteiger partial charge in [-0.25, -0.2) is 14.9 Å². The van der Waals surface area contributed by atoms with Gasteiger partial charge in [0.2, 0.25) is 5.91 Å². The first-order valence-electron chi connectivity index (χ1n) is 10.4. The lowest BCUT2D eigenvalue weighted by Crippen LogP contribution is -2.44. The van der Waals surface area contributed by atoms with Gasteiger partial charge < -0.3 is 0 Å². The average molecular weight is 389 g/mol. The molecule has 29 heavy (non-hydrogen) atoms. The van der Waals surface area contributed by atoms with E-state index in [9.17, 15) is 9.59 Å². The Morgan fingerprint density at radius 1 is 0.759 bits per heavy atom. The summed E-state index contributed by atoms with van der Waals surface area (Å²) >= 11 is 0. The summed E-state index contributed by atoms with van der Waals surface area (Å²) in [5.74, 6) is -0.489. The number of nitrogens with zero attached hydrogens (tertiary/aromatic N) is 3. The Labute approximate surface area is 171 Å². The molecule has 3 saturated heterocycles. The molecule has 2 amide bonds. The minimum atomic E-state index is -0.392. The van der Waals surface area contributed by atoms with Gasteiger partial charge in [0.1, 0.15) is 6.04 Å². The number of benzene rings is 2. The van der Waals surface area contributed by atoms with E-state index in [1.807, 2.05) is 20.8 Å². The highest BCUT2D eigenvalue weighted by Crippen LogP contribution is 2.49. The van der Waals surface area contributed by atoms with E-state index < -0.39 is 6.04 Å². The molecule has 0 saturated carbocycles. The summed E-state index contributed by atoms with van der Waals surface area (Å²) < 4.78 is 0. The van der Waals surface area contributed by atoms with Gasteiger partial charge in [0.25, 0.3) is 5.91 Å². The highest BCUT2D eigenvalue weighted by atomic mass is 16.2. The Kier molecular flexibility index (Phi) is 4.16. The lowest BCUT2D eigenvalue weighted by molar-refractivity contribution is -0.126. The van der Waals surface area contributed by atoms with Crippen LogP contribution in [0.25, 0.3) is 0 Å². The first-order chi connectivity index (χ1) is 13.9. The minimum Gasteiger partial charge on any atom is -0.274 e. The van der Waals surface area contributed by atoms with Crippen molar-refractivity contribution >= 4 is 17.5 Å². The summed E-state index contributed by atoms with van der Waals surface area (Å²) in [6.45, 7) is 9.82. The van der Waals surface area contributed by atoms with Crippen molar-refractivity contribution < 1.29 is 9.59 Å². The number of fused-ring (bicyclic) bond motifs is 3. The van der Waals surface area contributed by atoms with Crippen LogP contribution in [-0.4, -0.2) is 41.0 Å². The quantitative estimate of drug-likeness (QED) is 0.738. The molecular formula is C24H27N3O2. The number of hydrogen-bond donors (Lipinski definition) is 0. The molecule has 0 spiro atoms. The summed E-state index contributed by atoms with van der Waals surface area (Å²) in [5.41, 5.74) is 6.20. The van der Waals surface area contributed by atoms with Gasteiger partial charge in [0, 0.05) is 13.1 Å². The number of anilines is 1. The van der Waals surface area contributed by atoms with Crippen LogP contribution < -0.4 is 4.90 Å². The molecule has 0 unspecified atom stereocenters. The SMILES string of the molecule is Cc1ccc([C@@H]2[C@@H]3C(=O)N(c4c(C)cc(C)cc4C)C(=O)[C@@H]3N3CCCN23)cc1. The van der Waals surface area contributed by atoms with Crippen LogP contribution in [0.5, 0.6) is 0 Å². The smallest absolute Gasteiger partial charge is 0.253 e. The second-order valence-electron chi connectivity index (χ2n) is 8.77. The second kappa shape index (κ2) is 6.51. The highest BCUT2D eigenvalue weighted by Gasteiger charge is 2.63. The Hall–Kier alpha value is -2.50. The molecule has 5 nitrogen and oxygen atoms in total. The fourth-order valence-electron chi connectivity index (χ4n) is 5.62. The van der Waals surface area contributed by atoms with Gasteiger partial charge in [-0.3, -0.25) is 9.59 Å². The summed E-state index contributed by atoms with van der Waals surface area (Å²) in [4.78, 5) is 28.8. The molecule has 2 aromatic rings. The molecule has 3 atom stereocenters. The topological polar surface area (TPSA) is 43.9 Å². The van der Waals surface area contributed by atoms with Crippen molar-refractivity contribution in [3.63, 3.8) is 0 Å². The van der Waals surface area contributed by atoms with Crippen molar-refractivity contribution in [3.05, 3.63) is 64.2 Å². The molecule has 0 aromatic heterocycles. The third-order valence-electron chi connectivity index (χ3n) is 6.68. The van der Waals surface area contributed by atoms with Gasteiger partial charge in [-0.2, -0.15) is 0 Å². The number of imide groups is 1. The maximum absolute atomic E-state index is 13.7. The minimum absolute atomic E-state index is 0.0602. The summed E-state index contributed by atoms with van der Waals surface area (Å²) in [7, 11) is 0. The van der Waals surface area contributed by atoms with E-state index in [1.54, 1.807) is 0 Å². The fourth-order valence-corrected chi connectivity index (χ4v) is 5.62. The van der Waals surface area contributed by atoms with Gasteiger partial charge in [-0.15, -0.1) is 0 Å². The van der Waals surface area contributed by atoms with E-state index in [1.165, 1.54) is 10.5 Å². The van der Waals surface area contributed by atoms with Crippen LogP contribution in [0.15, 0.2) is 36.4 Å². The van der Waals surface area contributed by atoms with Crippen LogP contribution in [-0.2, 0) is 9.59 Å². The van der Waals surface area contributed by atoms with Gasteiger partial charge in [-0.05, 0) is 50.8 Å². The average Bonchev–Trinajstić information content (AvgIpc) is 3.30. The van der Waals surface area contributed by atoms with Gasteiger partial charge in [0.05, 0.1) is 17.6 Å². The summed E-state index contributed by atoms with van der Waals surface area (Å²) in [5, 5.41) is 4.43. The van der Waals surface area contributed by atoms with E-state index in [2.05, 4.69) is 53.3 Å². The van der Waals surface area contributed by atoms with Crippen molar-refractivity contribution in [3.8, 4) is 0 Å². The third-order valence-corrected chi connectivity index (χ3v) is 6.68. The van der Waals surface area contributed by atoms with Crippen molar-refractivity contribution in [1.82, 2.24) is 10.0 Å². The number of amides is 2. The fraction of sp³-hybridized carbons (Fsp3) is 0.417. The molecule has 150 valence electrons. The summed E-state index contributed by atoms with van der Waals surface area (Å²) in [6, 6.07) is 12.1. The molecule has 3 aliphatic heterocycles. The molecule has 3 fully saturated rings. The predicted molar refractivity (Wildman–Crippen MR) is 112 cm³/mol. The lowest BCUT2D eigenvalue weighted by atomic mass is 9.89. The van der Waals surface area contributed by atoms with Crippen LogP contribution in [0.2, 0.25) is 0 Å². The normalized spacial score (nSPS) is 27.0. The number of hydrazine groups is 1. The molecule has 5 heteroatoms. The standard InChI is InChI=1S/C24H27N3O2/c1-14-6-8-18(9-7-14)21-19-22(26-11-5-10-25(21)26)24(29)27(23(19)28)20-16(3)12-15(2)13-17(20)4/h6-9,12-13,19,21-22H,5,10-11H2,1-4H3/t19-,21+,22+/m0/s1. The maximum Gasteiger partial charge on any atom is 0.253 e. The Bertz CT molecular complexity index is 990. The molecule has 5 rings (SSSR count). The molecule has 0 aliphatic carbocycles. The first-order valence-corrected chi connectivity index (χ1v) is 10.4. The van der Waals surface area contributed by atoms with E-state index in [0.29, 0.717) is 0 Å². The van der Waals surface area contributed by atoms with Crippen molar-refractivity contribution in [2.24, 2.45) is 5.92 Å².